The Morgan fingerprint density at radius 3 is 2.45 bits per heavy atom. The average molecular weight is 613 g/mol. The first-order valence-electron chi connectivity index (χ1n) is 17.4. The Labute approximate surface area is 264 Å². The fraction of sp³-hybridized carbons (Fsp3) is 0.811. The third kappa shape index (κ3) is 6.74. The Balaban J connectivity index is 1.25. The number of hydrogen-bond acceptors (Lipinski definition) is 7. The Bertz CT molecular complexity index is 1140. The number of ether oxygens (including phenoxy) is 4. The van der Waals surface area contributed by atoms with Crippen molar-refractivity contribution in [1.29, 1.82) is 0 Å². The van der Waals surface area contributed by atoms with Crippen LogP contribution in [0.1, 0.15) is 113 Å². The fourth-order valence-electron chi connectivity index (χ4n) is 10.0. The lowest BCUT2D eigenvalue weighted by atomic mass is 9.46. The molecule has 8 unspecified atom stereocenters. The van der Waals surface area contributed by atoms with Crippen LogP contribution >= 0.6 is 0 Å². The van der Waals surface area contributed by atoms with E-state index in [9.17, 15) is 14.4 Å². The van der Waals surface area contributed by atoms with Crippen molar-refractivity contribution < 1.29 is 33.3 Å². The molecule has 0 bridgehead atoms. The summed E-state index contributed by atoms with van der Waals surface area (Å²) in [5.74, 6) is 2.77. The molecule has 44 heavy (non-hydrogen) atoms. The van der Waals surface area contributed by atoms with Crippen LogP contribution in [0.2, 0.25) is 0 Å². The second kappa shape index (κ2) is 13.4. The first-order chi connectivity index (χ1) is 20.8. The number of rotatable bonds is 10. The van der Waals surface area contributed by atoms with E-state index in [1.54, 1.807) is 12.2 Å². The predicted octanol–water partition coefficient (Wildman–Crippen LogP) is 7.37. The first-order valence-corrected chi connectivity index (χ1v) is 17.4. The summed E-state index contributed by atoms with van der Waals surface area (Å²) in [5.41, 5.74) is 1.55. The first kappa shape index (κ1) is 33.4. The van der Waals surface area contributed by atoms with Gasteiger partial charge in [-0.05, 0) is 104 Å². The quantitative estimate of drug-likeness (QED) is 0.188. The molecule has 0 amide bonds. The average Bonchev–Trinajstić information content (AvgIpc) is 3.30. The highest BCUT2D eigenvalue weighted by atomic mass is 16.7. The maximum atomic E-state index is 14.0. The van der Waals surface area contributed by atoms with Crippen molar-refractivity contribution in [1.82, 2.24) is 0 Å². The summed E-state index contributed by atoms with van der Waals surface area (Å²) in [5, 5.41) is 0. The second-order valence-electron chi connectivity index (χ2n) is 15.6. The van der Waals surface area contributed by atoms with Gasteiger partial charge in [-0.15, -0.1) is 0 Å². The van der Waals surface area contributed by atoms with E-state index in [-0.39, 0.29) is 29.5 Å². The number of ketones is 1. The summed E-state index contributed by atoms with van der Waals surface area (Å²) >= 11 is 0. The van der Waals surface area contributed by atoms with Gasteiger partial charge in [-0.3, -0.25) is 14.4 Å². The van der Waals surface area contributed by atoms with Gasteiger partial charge < -0.3 is 18.9 Å². The zero-order valence-corrected chi connectivity index (χ0v) is 28.1. The zero-order valence-electron chi connectivity index (χ0n) is 28.1. The van der Waals surface area contributed by atoms with E-state index in [4.69, 9.17) is 18.9 Å². The molecule has 3 fully saturated rings. The molecule has 1 aliphatic heterocycles. The smallest absolute Gasteiger partial charge is 0.303 e. The van der Waals surface area contributed by atoms with E-state index in [2.05, 4.69) is 34.6 Å². The van der Waals surface area contributed by atoms with Gasteiger partial charge in [0.1, 0.15) is 18.8 Å². The van der Waals surface area contributed by atoms with E-state index in [1.165, 1.54) is 57.9 Å². The van der Waals surface area contributed by atoms with Crippen LogP contribution in [0.3, 0.4) is 0 Å². The van der Waals surface area contributed by atoms with E-state index >= 15 is 0 Å². The normalized spacial score (nSPS) is 40.5. The third-order valence-corrected chi connectivity index (χ3v) is 12.3. The van der Waals surface area contributed by atoms with Crippen LogP contribution < -0.4 is 0 Å². The van der Waals surface area contributed by atoms with Crippen molar-refractivity contribution in [3.8, 4) is 0 Å². The number of carbonyl (C=O) groups excluding carboxylic acids is 3. The minimum Gasteiger partial charge on any atom is -0.463 e. The van der Waals surface area contributed by atoms with Crippen molar-refractivity contribution in [3.05, 3.63) is 23.8 Å². The molecule has 11 atom stereocenters. The van der Waals surface area contributed by atoms with Gasteiger partial charge in [0, 0.05) is 19.8 Å². The summed E-state index contributed by atoms with van der Waals surface area (Å²) in [6.45, 7) is 14.7. The summed E-state index contributed by atoms with van der Waals surface area (Å²) < 4.78 is 23.0. The summed E-state index contributed by atoms with van der Waals surface area (Å²) in [6.07, 6.45) is 14.9. The van der Waals surface area contributed by atoms with Crippen molar-refractivity contribution in [2.75, 3.05) is 6.61 Å². The fourth-order valence-corrected chi connectivity index (χ4v) is 10.0. The Hall–Kier alpha value is -1.99. The van der Waals surface area contributed by atoms with Gasteiger partial charge >= 0.3 is 11.9 Å². The highest BCUT2D eigenvalue weighted by Gasteiger charge is 2.61. The molecule has 0 radical (unpaired) electrons. The van der Waals surface area contributed by atoms with Crippen LogP contribution in [-0.2, 0) is 33.3 Å². The molecule has 1 heterocycles. The molecular weight excluding hydrogens is 556 g/mol. The third-order valence-electron chi connectivity index (χ3n) is 12.3. The zero-order chi connectivity index (χ0) is 31.8. The predicted molar refractivity (Wildman–Crippen MR) is 168 cm³/mol. The summed E-state index contributed by atoms with van der Waals surface area (Å²) in [6, 6.07) is 0. The van der Waals surface area contributed by atoms with Crippen LogP contribution in [0.4, 0.5) is 0 Å². The molecule has 0 saturated heterocycles. The highest BCUT2D eigenvalue weighted by Crippen LogP contribution is 2.66. The van der Waals surface area contributed by atoms with Crippen molar-refractivity contribution in [2.45, 2.75) is 137 Å². The van der Waals surface area contributed by atoms with Crippen LogP contribution in [0.25, 0.3) is 0 Å². The van der Waals surface area contributed by atoms with E-state index in [0.717, 1.165) is 43.4 Å². The van der Waals surface area contributed by atoms with Gasteiger partial charge in [-0.25, -0.2) is 0 Å². The SMILES string of the molecule is CC(=O)OCC1O[C@@H](OC2CCC3(C)C(=CC(=O)C4C3CCC3(C)C4CCC3[C@H](C)CCCC(C)C)C2)C=C[C@H]1OC(C)=O. The molecule has 7 nitrogen and oxygen atoms in total. The second-order valence-corrected chi connectivity index (χ2v) is 15.6. The van der Waals surface area contributed by atoms with Crippen LogP contribution in [0, 0.1) is 46.3 Å². The van der Waals surface area contributed by atoms with Gasteiger partial charge in [0.05, 0.1) is 6.10 Å². The van der Waals surface area contributed by atoms with Crippen LogP contribution in [-0.4, -0.2) is 48.9 Å². The van der Waals surface area contributed by atoms with Gasteiger partial charge in [0.25, 0.3) is 0 Å². The molecule has 5 rings (SSSR count). The molecule has 7 heteroatoms. The highest BCUT2D eigenvalue weighted by molar-refractivity contribution is 5.94. The largest absolute Gasteiger partial charge is 0.463 e. The van der Waals surface area contributed by atoms with Gasteiger partial charge in [0.2, 0.25) is 0 Å². The van der Waals surface area contributed by atoms with Crippen molar-refractivity contribution >= 4 is 17.7 Å². The van der Waals surface area contributed by atoms with Crippen molar-refractivity contribution in [2.24, 2.45) is 46.3 Å². The van der Waals surface area contributed by atoms with Crippen LogP contribution in [0.15, 0.2) is 23.8 Å². The molecule has 5 aliphatic rings. The Morgan fingerprint density at radius 2 is 1.75 bits per heavy atom. The maximum Gasteiger partial charge on any atom is 0.303 e. The van der Waals surface area contributed by atoms with Crippen molar-refractivity contribution in [3.63, 3.8) is 0 Å². The minimum absolute atomic E-state index is 0.0272. The lowest BCUT2D eigenvalue weighted by Gasteiger charge is -2.57. The lowest BCUT2D eigenvalue weighted by molar-refractivity contribution is -0.213. The number of hydrogen-bond donors (Lipinski definition) is 0. The van der Waals surface area contributed by atoms with Gasteiger partial charge in [-0.1, -0.05) is 59.5 Å². The number of fused-ring (bicyclic) bond motifs is 5. The molecule has 4 aliphatic carbocycles. The maximum absolute atomic E-state index is 14.0. The molecule has 0 N–H and O–H groups in total. The molecule has 246 valence electrons. The van der Waals surface area contributed by atoms with E-state index < -0.39 is 30.4 Å². The van der Waals surface area contributed by atoms with Gasteiger partial charge in [-0.2, -0.15) is 0 Å². The summed E-state index contributed by atoms with van der Waals surface area (Å²) in [4.78, 5) is 37.0. The van der Waals surface area contributed by atoms with Gasteiger partial charge in [0.15, 0.2) is 12.1 Å². The monoisotopic (exact) mass is 612 g/mol. The van der Waals surface area contributed by atoms with E-state index in [1.807, 2.05) is 6.08 Å². The number of allylic oxidation sites excluding steroid dienone is 1. The molecule has 0 aromatic rings. The topological polar surface area (TPSA) is 88.1 Å². The Morgan fingerprint density at radius 1 is 0.977 bits per heavy atom. The molecule has 3 saturated carbocycles. The van der Waals surface area contributed by atoms with Crippen LogP contribution in [0.5, 0.6) is 0 Å². The summed E-state index contributed by atoms with van der Waals surface area (Å²) in [7, 11) is 0. The number of carbonyl (C=O) groups is 3. The Kier molecular flexibility index (Phi) is 10.2. The molecular formula is C37H56O7. The minimum atomic E-state index is -0.646. The molecule has 0 aromatic carbocycles. The molecule has 0 aromatic heterocycles. The number of esters is 2. The standard InChI is InChI=1S/C37H56O7/c1-22(2)9-8-10-23(3)28-11-12-29-35-30(16-18-37(28,29)7)36(6)17-15-27(19-26(36)20-31(35)40)43-34-14-13-32(42-25(5)39)33(44-34)21-41-24(4)38/h13-14,20,22-23,27-30,32-35H,8-12,15-19,21H2,1-7H3/t23-,27?,28?,29?,30?,32-,33?,34-,35?,36?,37?/m1/s1. The van der Waals surface area contributed by atoms with E-state index in [0.29, 0.717) is 17.6 Å². The lowest BCUT2D eigenvalue weighted by Crippen LogP contribution is -2.54. The molecule has 0 spiro atoms.